The van der Waals surface area contributed by atoms with Crippen molar-refractivity contribution in [1.29, 1.82) is 0 Å². The molecule has 7 nitrogen and oxygen atoms in total. The van der Waals surface area contributed by atoms with Gasteiger partial charge in [0.2, 0.25) is 11.8 Å². The fraction of sp³-hybridized carbons (Fsp3) is 0.367. The van der Waals surface area contributed by atoms with Crippen molar-refractivity contribution in [2.24, 2.45) is 5.92 Å². The molecule has 1 N–H and O–H groups in total. The predicted octanol–water partition coefficient (Wildman–Crippen LogP) is 3.98. The lowest BCUT2D eigenvalue weighted by Gasteiger charge is -2.37. The van der Waals surface area contributed by atoms with E-state index < -0.39 is 0 Å². The summed E-state index contributed by atoms with van der Waals surface area (Å²) in [6, 6.07) is 19.1. The minimum absolute atomic E-state index is 0.0105. The number of pyridine rings is 1. The third-order valence-corrected chi connectivity index (χ3v) is 6.98. The van der Waals surface area contributed by atoms with E-state index in [4.69, 9.17) is 4.74 Å². The molecule has 1 aliphatic rings. The molecule has 7 heteroatoms. The van der Waals surface area contributed by atoms with Gasteiger partial charge in [0.05, 0.1) is 25.6 Å². The lowest BCUT2D eigenvalue weighted by atomic mass is 9.98. The number of hydrogen-bond donors (Lipinski definition) is 1. The van der Waals surface area contributed by atoms with Gasteiger partial charge in [0.15, 0.2) is 0 Å². The summed E-state index contributed by atoms with van der Waals surface area (Å²) in [4.78, 5) is 34.5. The second-order valence-electron chi connectivity index (χ2n) is 10.0. The molecule has 2 amide bonds. The first-order valence-electron chi connectivity index (χ1n) is 12.7. The minimum atomic E-state index is -0.386. The van der Waals surface area contributed by atoms with E-state index in [-0.39, 0.29) is 42.4 Å². The van der Waals surface area contributed by atoms with Crippen LogP contribution in [0.1, 0.15) is 35.3 Å². The molecule has 1 aromatic heterocycles. The molecular weight excluding hydrogens is 466 g/mol. The van der Waals surface area contributed by atoms with Crippen LogP contribution in [0.3, 0.4) is 0 Å². The van der Waals surface area contributed by atoms with E-state index in [0.717, 1.165) is 22.3 Å². The van der Waals surface area contributed by atoms with Crippen LogP contribution in [-0.2, 0) is 11.2 Å². The topological polar surface area (TPSA) is 83.0 Å². The van der Waals surface area contributed by atoms with Crippen molar-refractivity contribution in [2.75, 3.05) is 26.7 Å². The summed E-state index contributed by atoms with van der Waals surface area (Å²) >= 11 is 0. The van der Waals surface area contributed by atoms with E-state index in [0.29, 0.717) is 25.1 Å². The lowest BCUT2D eigenvalue weighted by Crippen LogP contribution is -2.50. The SMILES string of the molecule is Cc1ccc(-c2cnc3c(c2)C(=O)N([C@H](C)CO)C[C@H](C)[C@H](CN(C)C(=O)Cc2ccccc2)O3)cc1. The minimum Gasteiger partial charge on any atom is -0.472 e. The molecule has 0 bridgehead atoms. The van der Waals surface area contributed by atoms with Crippen LogP contribution < -0.4 is 4.74 Å². The van der Waals surface area contributed by atoms with Gasteiger partial charge in [-0.05, 0) is 31.0 Å². The Kier molecular flexibility index (Phi) is 8.24. The molecule has 0 spiro atoms. The fourth-order valence-electron chi connectivity index (χ4n) is 4.50. The summed E-state index contributed by atoms with van der Waals surface area (Å²) in [6.07, 6.45) is 1.63. The van der Waals surface area contributed by atoms with Gasteiger partial charge in [0.1, 0.15) is 11.7 Å². The quantitative estimate of drug-likeness (QED) is 0.530. The second kappa shape index (κ2) is 11.6. The Hall–Kier alpha value is -3.71. The molecule has 0 saturated heterocycles. The molecule has 0 aliphatic carbocycles. The summed E-state index contributed by atoms with van der Waals surface area (Å²) < 4.78 is 6.35. The highest BCUT2D eigenvalue weighted by atomic mass is 16.5. The van der Waals surface area contributed by atoms with Crippen molar-refractivity contribution < 1.29 is 19.4 Å². The molecular formula is C30H35N3O4. The summed E-state index contributed by atoms with van der Waals surface area (Å²) in [5.41, 5.74) is 4.22. The maximum atomic E-state index is 13.6. The Labute approximate surface area is 218 Å². The molecule has 194 valence electrons. The monoisotopic (exact) mass is 501 g/mol. The number of carbonyl (C=O) groups is 2. The summed E-state index contributed by atoms with van der Waals surface area (Å²) in [5.74, 6) is -0.0893. The van der Waals surface area contributed by atoms with Crippen molar-refractivity contribution >= 4 is 11.8 Å². The van der Waals surface area contributed by atoms with Crippen LogP contribution in [0.15, 0.2) is 66.9 Å². The smallest absolute Gasteiger partial charge is 0.259 e. The zero-order valence-corrected chi connectivity index (χ0v) is 21.9. The Morgan fingerprint density at radius 3 is 2.54 bits per heavy atom. The van der Waals surface area contributed by atoms with Gasteiger partial charge in [-0.3, -0.25) is 9.59 Å². The average Bonchev–Trinajstić information content (AvgIpc) is 2.91. The van der Waals surface area contributed by atoms with E-state index in [1.54, 1.807) is 23.0 Å². The van der Waals surface area contributed by atoms with Crippen molar-refractivity contribution in [1.82, 2.24) is 14.8 Å². The van der Waals surface area contributed by atoms with Gasteiger partial charge in [-0.15, -0.1) is 0 Å². The van der Waals surface area contributed by atoms with Crippen molar-refractivity contribution in [3.63, 3.8) is 0 Å². The van der Waals surface area contributed by atoms with Crippen molar-refractivity contribution in [3.8, 4) is 17.0 Å². The summed E-state index contributed by atoms with van der Waals surface area (Å²) in [5, 5.41) is 9.89. The van der Waals surface area contributed by atoms with Crippen LogP contribution in [0, 0.1) is 12.8 Å². The molecule has 2 heterocycles. The molecule has 1 aliphatic heterocycles. The maximum absolute atomic E-state index is 13.6. The number of aromatic nitrogens is 1. The van der Waals surface area contributed by atoms with Crippen LogP contribution in [0.25, 0.3) is 11.1 Å². The van der Waals surface area contributed by atoms with Gasteiger partial charge in [-0.1, -0.05) is 67.1 Å². The maximum Gasteiger partial charge on any atom is 0.259 e. The number of amides is 2. The van der Waals surface area contributed by atoms with Gasteiger partial charge >= 0.3 is 0 Å². The van der Waals surface area contributed by atoms with Gasteiger partial charge in [0, 0.05) is 31.3 Å². The molecule has 3 atom stereocenters. The van der Waals surface area contributed by atoms with Crippen LogP contribution in [0.2, 0.25) is 0 Å². The highest BCUT2D eigenvalue weighted by Crippen LogP contribution is 2.30. The van der Waals surface area contributed by atoms with Gasteiger partial charge in [-0.25, -0.2) is 4.98 Å². The Morgan fingerprint density at radius 2 is 1.86 bits per heavy atom. The number of likely N-dealkylation sites (N-methyl/N-ethyl adjacent to an activating group) is 1. The van der Waals surface area contributed by atoms with Gasteiger partial charge in [0.25, 0.3) is 5.91 Å². The molecule has 37 heavy (non-hydrogen) atoms. The molecule has 3 aromatic rings. The predicted molar refractivity (Wildman–Crippen MR) is 143 cm³/mol. The van der Waals surface area contributed by atoms with E-state index in [1.807, 2.05) is 81.4 Å². The average molecular weight is 502 g/mol. The van der Waals surface area contributed by atoms with Crippen LogP contribution in [-0.4, -0.2) is 70.6 Å². The first-order valence-corrected chi connectivity index (χ1v) is 12.7. The fourth-order valence-corrected chi connectivity index (χ4v) is 4.50. The number of benzene rings is 2. The first-order chi connectivity index (χ1) is 17.8. The van der Waals surface area contributed by atoms with Crippen molar-refractivity contribution in [2.45, 2.75) is 39.3 Å². The first kappa shape index (κ1) is 26.4. The Bertz CT molecular complexity index is 1230. The number of rotatable bonds is 7. The molecule has 0 unspecified atom stereocenters. The molecule has 0 saturated carbocycles. The van der Waals surface area contributed by atoms with E-state index in [1.165, 1.54) is 0 Å². The molecule has 2 aromatic carbocycles. The third-order valence-electron chi connectivity index (χ3n) is 6.98. The summed E-state index contributed by atoms with van der Waals surface area (Å²) in [7, 11) is 1.77. The normalized spacial score (nSPS) is 18.3. The van der Waals surface area contributed by atoms with Gasteiger partial charge < -0.3 is 19.6 Å². The number of fused-ring (bicyclic) bond motifs is 1. The van der Waals surface area contributed by atoms with E-state index >= 15 is 0 Å². The zero-order valence-electron chi connectivity index (χ0n) is 21.9. The number of ether oxygens (including phenoxy) is 1. The third kappa shape index (κ3) is 6.17. The lowest BCUT2D eigenvalue weighted by molar-refractivity contribution is -0.130. The number of aliphatic hydroxyl groups is 1. The molecule has 0 radical (unpaired) electrons. The molecule has 4 rings (SSSR count). The highest BCUT2D eigenvalue weighted by Gasteiger charge is 2.34. The van der Waals surface area contributed by atoms with Crippen molar-refractivity contribution in [3.05, 3.63) is 83.6 Å². The van der Waals surface area contributed by atoms with Crippen LogP contribution >= 0.6 is 0 Å². The number of carbonyl (C=O) groups excluding carboxylic acids is 2. The largest absolute Gasteiger partial charge is 0.472 e. The number of nitrogens with zero attached hydrogens (tertiary/aromatic N) is 3. The van der Waals surface area contributed by atoms with Crippen LogP contribution in [0.5, 0.6) is 5.88 Å². The Morgan fingerprint density at radius 1 is 1.16 bits per heavy atom. The summed E-state index contributed by atoms with van der Waals surface area (Å²) in [6.45, 7) is 6.44. The number of hydrogen-bond acceptors (Lipinski definition) is 5. The second-order valence-corrected chi connectivity index (χ2v) is 10.0. The van der Waals surface area contributed by atoms with Gasteiger partial charge in [-0.2, -0.15) is 0 Å². The molecule has 0 fully saturated rings. The number of aryl methyl sites for hydroxylation is 1. The van der Waals surface area contributed by atoms with E-state index in [2.05, 4.69) is 4.98 Å². The zero-order chi connectivity index (χ0) is 26.5. The van der Waals surface area contributed by atoms with Crippen LogP contribution in [0.4, 0.5) is 0 Å². The van der Waals surface area contributed by atoms with E-state index in [9.17, 15) is 14.7 Å². The standard InChI is InChI=1S/C30H35N3O4/c1-20-10-12-24(13-11-20)25-15-26-29(31-16-25)37-27(21(2)17-33(30(26)36)22(3)19-34)18-32(4)28(35)14-23-8-6-5-7-9-23/h5-13,15-16,21-22,27,34H,14,17-19H2,1-4H3/t21-,22+,27-/m0/s1. The Balaban J connectivity index is 1.63. The number of aliphatic hydroxyl groups excluding tert-OH is 1. The highest BCUT2D eigenvalue weighted by molar-refractivity contribution is 5.98.